The molecule has 0 aromatic heterocycles. The smallest absolute Gasteiger partial charge is 0.323 e. The number of hydrogen-bond acceptors (Lipinski definition) is 1. The number of carbonyl (C=O) groups is 1. The van der Waals surface area contributed by atoms with E-state index in [2.05, 4.69) is 30.4 Å². The Morgan fingerprint density at radius 1 is 0.840 bits per heavy atom. The van der Waals surface area contributed by atoms with Gasteiger partial charge in [-0.3, -0.25) is 4.90 Å². The zero-order valence-corrected chi connectivity index (χ0v) is 14.1. The Hall–Kier alpha value is -3.07. The number of amides is 2. The molecule has 3 aromatic rings. The number of para-hydroxylation sites is 1. The van der Waals surface area contributed by atoms with Crippen molar-refractivity contribution in [2.45, 2.75) is 19.0 Å². The molecule has 3 aromatic carbocycles. The number of urea groups is 1. The average Bonchev–Trinajstić information content (AvgIpc) is 2.67. The molecule has 1 heterocycles. The molecule has 124 valence electrons. The summed E-state index contributed by atoms with van der Waals surface area (Å²) in [5, 5.41) is 3.22. The largest absolute Gasteiger partial charge is 0.324 e. The highest BCUT2D eigenvalue weighted by molar-refractivity contribution is 5.96. The molecular weight excluding hydrogens is 308 g/mol. The fourth-order valence-electron chi connectivity index (χ4n) is 3.51. The highest BCUT2D eigenvalue weighted by Gasteiger charge is 2.40. The van der Waals surface area contributed by atoms with Gasteiger partial charge in [0, 0.05) is 5.56 Å². The molecule has 1 atom stereocenters. The molecule has 0 bridgehead atoms. The maximum Gasteiger partial charge on any atom is 0.323 e. The third kappa shape index (κ3) is 2.68. The lowest BCUT2D eigenvalue weighted by molar-refractivity contribution is 0.234. The molecule has 1 aliphatic rings. The summed E-state index contributed by atoms with van der Waals surface area (Å²) in [5.74, 6) is 0. The van der Waals surface area contributed by atoms with Gasteiger partial charge < -0.3 is 5.32 Å². The molecule has 4 rings (SSSR count). The van der Waals surface area contributed by atoms with Crippen LogP contribution in [0.1, 0.15) is 23.6 Å². The van der Waals surface area contributed by atoms with E-state index in [-0.39, 0.29) is 6.03 Å². The molecule has 1 N–H and O–H groups in total. The van der Waals surface area contributed by atoms with E-state index in [0.717, 1.165) is 22.4 Å². The third-order valence-electron chi connectivity index (χ3n) is 4.87. The second kappa shape index (κ2) is 6.10. The fourth-order valence-corrected chi connectivity index (χ4v) is 3.51. The third-order valence-corrected chi connectivity index (χ3v) is 4.87. The van der Waals surface area contributed by atoms with Gasteiger partial charge in [0.15, 0.2) is 0 Å². The van der Waals surface area contributed by atoms with Crippen LogP contribution in [0.5, 0.6) is 0 Å². The molecule has 0 fully saturated rings. The summed E-state index contributed by atoms with van der Waals surface area (Å²) in [6.45, 7) is 2.62. The van der Waals surface area contributed by atoms with E-state index < -0.39 is 5.54 Å². The number of benzene rings is 3. The fraction of sp³-hybridized carbons (Fsp3) is 0.136. The summed E-state index contributed by atoms with van der Waals surface area (Å²) < 4.78 is 0. The SMILES string of the molecule is CC1(c2ccccc2)NC(=O)N(Cc2ccccc2)c2ccccc21. The molecule has 25 heavy (non-hydrogen) atoms. The van der Waals surface area contributed by atoms with Crippen LogP contribution in [0, 0.1) is 0 Å². The van der Waals surface area contributed by atoms with Gasteiger partial charge in [-0.15, -0.1) is 0 Å². The first kappa shape index (κ1) is 15.5. The monoisotopic (exact) mass is 328 g/mol. The van der Waals surface area contributed by atoms with Crippen molar-refractivity contribution >= 4 is 11.7 Å². The van der Waals surface area contributed by atoms with E-state index in [1.807, 2.05) is 71.6 Å². The Balaban J connectivity index is 1.80. The standard InChI is InChI=1S/C22H20N2O/c1-22(18-12-6-3-7-13-18)19-14-8-9-15-20(19)24(21(25)23-22)16-17-10-4-2-5-11-17/h2-15H,16H2,1H3,(H,23,25). The summed E-state index contributed by atoms with van der Waals surface area (Å²) in [6.07, 6.45) is 0. The molecule has 3 nitrogen and oxygen atoms in total. The van der Waals surface area contributed by atoms with Crippen LogP contribution in [-0.4, -0.2) is 6.03 Å². The minimum Gasteiger partial charge on any atom is -0.324 e. The predicted octanol–water partition coefficient (Wildman–Crippen LogP) is 4.68. The lowest BCUT2D eigenvalue weighted by Crippen LogP contribution is -2.55. The number of rotatable bonds is 3. The average molecular weight is 328 g/mol. The molecule has 0 radical (unpaired) electrons. The Labute approximate surface area is 147 Å². The minimum atomic E-state index is -0.540. The number of fused-ring (bicyclic) bond motifs is 1. The van der Waals surface area contributed by atoms with Crippen molar-refractivity contribution in [2.75, 3.05) is 4.90 Å². The molecule has 0 aliphatic carbocycles. The summed E-state index contributed by atoms with van der Waals surface area (Å²) >= 11 is 0. The number of hydrogen-bond donors (Lipinski definition) is 1. The second-order valence-corrected chi connectivity index (χ2v) is 6.51. The number of nitrogens with one attached hydrogen (secondary N) is 1. The van der Waals surface area contributed by atoms with Crippen LogP contribution in [0.2, 0.25) is 0 Å². The van der Waals surface area contributed by atoms with E-state index in [9.17, 15) is 4.79 Å². The van der Waals surface area contributed by atoms with Gasteiger partial charge in [-0.2, -0.15) is 0 Å². The van der Waals surface area contributed by atoms with Crippen LogP contribution in [0.4, 0.5) is 10.5 Å². The summed E-state index contributed by atoms with van der Waals surface area (Å²) in [4.78, 5) is 14.8. The number of nitrogens with zero attached hydrogens (tertiary/aromatic N) is 1. The Morgan fingerprint density at radius 2 is 1.44 bits per heavy atom. The first-order chi connectivity index (χ1) is 12.2. The minimum absolute atomic E-state index is 0.0751. The van der Waals surface area contributed by atoms with Crippen LogP contribution in [0.25, 0.3) is 0 Å². The quantitative estimate of drug-likeness (QED) is 0.744. The van der Waals surface area contributed by atoms with Crippen molar-refractivity contribution in [3.8, 4) is 0 Å². The van der Waals surface area contributed by atoms with Crippen molar-refractivity contribution in [1.29, 1.82) is 0 Å². The van der Waals surface area contributed by atoms with Gasteiger partial charge in [0.25, 0.3) is 0 Å². The van der Waals surface area contributed by atoms with Crippen LogP contribution in [0.3, 0.4) is 0 Å². The van der Waals surface area contributed by atoms with E-state index in [0.29, 0.717) is 6.54 Å². The van der Waals surface area contributed by atoms with Crippen LogP contribution >= 0.6 is 0 Å². The van der Waals surface area contributed by atoms with Gasteiger partial charge in [0.1, 0.15) is 0 Å². The van der Waals surface area contributed by atoms with Gasteiger partial charge in [-0.25, -0.2) is 4.79 Å². The topological polar surface area (TPSA) is 32.3 Å². The van der Waals surface area contributed by atoms with Gasteiger partial charge >= 0.3 is 6.03 Å². The van der Waals surface area contributed by atoms with Crippen molar-refractivity contribution < 1.29 is 4.79 Å². The number of carbonyl (C=O) groups excluding carboxylic acids is 1. The Kier molecular flexibility index (Phi) is 3.77. The summed E-state index contributed by atoms with van der Waals surface area (Å²) in [6, 6.07) is 28.2. The molecule has 2 amide bonds. The summed E-state index contributed by atoms with van der Waals surface area (Å²) in [5.41, 5.74) is 3.71. The molecule has 3 heteroatoms. The van der Waals surface area contributed by atoms with E-state index in [1.54, 1.807) is 0 Å². The lowest BCUT2D eigenvalue weighted by atomic mass is 9.82. The molecule has 1 unspecified atom stereocenters. The maximum absolute atomic E-state index is 13.0. The van der Waals surface area contributed by atoms with Crippen molar-refractivity contribution in [1.82, 2.24) is 5.32 Å². The van der Waals surface area contributed by atoms with E-state index in [4.69, 9.17) is 0 Å². The normalized spacial score (nSPS) is 19.2. The summed E-state index contributed by atoms with van der Waals surface area (Å²) in [7, 11) is 0. The highest BCUT2D eigenvalue weighted by Crippen LogP contribution is 2.39. The van der Waals surface area contributed by atoms with Crippen molar-refractivity contribution in [3.63, 3.8) is 0 Å². The first-order valence-corrected chi connectivity index (χ1v) is 8.47. The van der Waals surface area contributed by atoms with Gasteiger partial charge in [-0.1, -0.05) is 78.9 Å². The molecule has 0 saturated heterocycles. The lowest BCUT2D eigenvalue weighted by Gasteiger charge is -2.42. The van der Waals surface area contributed by atoms with Gasteiger partial charge in [-0.05, 0) is 24.1 Å². The first-order valence-electron chi connectivity index (χ1n) is 8.47. The number of anilines is 1. The second-order valence-electron chi connectivity index (χ2n) is 6.51. The molecular formula is C22H20N2O. The van der Waals surface area contributed by atoms with Gasteiger partial charge in [0.2, 0.25) is 0 Å². The van der Waals surface area contributed by atoms with E-state index >= 15 is 0 Å². The Morgan fingerprint density at radius 3 is 2.16 bits per heavy atom. The Bertz CT molecular complexity index is 892. The van der Waals surface area contributed by atoms with Gasteiger partial charge in [0.05, 0.1) is 17.8 Å². The van der Waals surface area contributed by atoms with Crippen molar-refractivity contribution in [2.24, 2.45) is 0 Å². The van der Waals surface area contributed by atoms with E-state index in [1.165, 1.54) is 0 Å². The van der Waals surface area contributed by atoms with Crippen LogP contribution in [-0.2, 0) is 12.1 Å². The van der Waals surface area contributed by atoms with Crippen LogP contribution in [0.15, 0.2) is 84.9 Å². The molecule has 1 aliphatic heterocycles. The zero-order chi connectivity index (χ0) is 17.3. The maximum atomic E-state index is 13.0. The molecule has 0 spiro atoms. The van der Waals surface area contributed by atoms with Crippen molar-refractivity contribution in [3.05, 3.63) is 102 Å². The zero-order valence-electron chi connectivity index (χ0n) is 14.1. The van der Waals surface area contributed by atoms with Crippen LogP contribution < -0.4 is 10.2 Å². The molecule has 0 saturated carbocycles. The highest BCUT2D eigenvalue weighted by atomic mass is 16.2. The predicted molar refractivity (Wildman–Crippen MR) is 100 cm³/mol.